The molecule has 2 aromatic rings. The van der Waals surface area contributed by atoms with E-state index in [4.69, 9.17) is 16.3 Å². The summed E-state index contributed by atoms with van der Waals surface area (Å²) in [6.45, 7) is 3.64. The molecule has 1 aliphatic heterocycles. The van der Waals surface area contributed by atoms with Gasteiger partial charge in [0, 0.05) is 36.8 Å². The number of benzene rings is 2. The Morgan fingerprint density at radius 1 is 1.07 bits per heavy atom. The zero-order chi connectivity index (χ0) is 19.4. The lowest BCUT2D eigenvalue weighted by molar-refractivity contribution is 0.0698. The van der Waals surface area contributed by atoms with Gasteiger partial charge in [-0.2, -0.15) is 4.31 Å². The highest BCUT2D eigenvalue weighted by molar-refractivity contribution is 7.89. The summed E-state index contributed by atoms with van der Waals surface area (Å²) >= 11 is 5.91. The molecule has 1 saturated heterocycles. The fourth-order valence-electron chi connectivity index (χ4n) is 2.95. The minimum Gasteiger partial charge on any atom is -0.494 e. The van der Waals surface area contributed by atoms with Gasteiger partial charge in [0.25, 0.3) is 5.91 Å². The minimum atomic E-state index is -3.62. The Hall–Kier alpha value is -2.09. The van der Waals surface area contributed by atoms with Gasteiger partial charge in [-0.3, -0.25) is 4.79 Å². The number of rotatable bonds is 5. The molecular formula is C19H21ClN2O4S. The second kappa shape index (κ2) is 8.29. The smallest absolute Gasteiger partial charge is 0.253 e. The Bertz CT molecular complexity index is 908. The Kier molecular flexibility index (Phi) is 6.04. The number of halogens is 1. The van der Waals surface area contributed by atoms with Gasteiger partial charge in [-0.05, 0) is 49.4 Å². The van der Waals surface area contributed by atoms with E-state index in [1.807, 2.05) is 6.92 Å². The van der Waals surface area contributed by atoms with Crippen LogP contribution in [-0.4, -0.2) is 56.3 Å². The van der Waals surface area contributed by atoms with Crippen molar-refractivity contribution < 1.29 is 17.9 Å². The van der Waals surface area contributed by atoms with Crippen molar-refractivity contribution >= 4 is 27.5 Å². The second-order valence-corrected chi connectivity index (χ2v) is 8.49. The molecule has 0 bridgehead atoms. The lowest BCUT2D eigenvalue weighted by atomic mass is 10.2. The second-order valence-electron chi connectivity index (χ2n) is 6.11. The van der Waals surface area contributed by atoms with Crippen LogP contribution in [0, 0.1) is 0 Å². The molecule has 0 spiro atoms. The van der Waals surface area contributed by atoms with Gasteiger partial charge >= 0.3 is 0 Å². The van der Waals surface area contributed by atoms with Crippen LogP contribution in [0.1, 0.15) is 17.3 Å². The number of carbonyl (C=O) groups excluding carboxylic acids is 1. The molecule has 0 N–H and O–H groups in total. The Balaban J connectivity index is 1.65. The third-order valence-electron chi connectivity index (χ3n) is 4.37. The number of hydrogen-bond donors (Lipinski definition) is 0. The average Bonchev–Trinajstić information content (AvgIpc) is 2.68. The van der Waals surface area contributed by atoms with E-state index in [9.17, 15) is 13.2 Å². The third-order valence-corrected chi connectivity index (χ3v) is 6.50. The van der Waals surface area contributed by atoms with Gasteiger partial charge < -0.3 is 9.64 Å². The molecule has 1 heterocycles. The predicted molar refractivity (Wildman–Crippen MR) is 104 cm³/mol. The summed E-state index contributed by atoms with van der Waals surface area (Å²) in [5.41, 5.74) is 0.560. The molecule has 0 aromatic heterocycles. The molecule has 0 saturated carbocycles. The van der Waals surface area contributed by atoms with Gasteiger partial charge in [0.2, 0.25) is 10.0 Å². The van der Waals surface area contributed by atoms with Gasteiger partial charge in [0.05, 0.1) is 11.5 Å². The Labute approximate surface area is 164 Å². The molecule has 0 unspecified atom stereocenters. The summed E-state index contributed by atoms with van der Waals surface area (Å²) in [4.78, 5) is 14.5. The van der Waals surface area contributed by atoms with Crippen LogP contribution >= 0.6 is 11.6 Å². The van der Waals surface area contributed by atoms with Crippen LogP contribution in [0.3, 0.4) is 0 Å². The number of amides is 1. The molecule has 0 aliphatic carbocycles. The van der Waals surface area contributed by atoms with Crippen LogP contribution in [-0.2, 0) is 10.0 Å². The van der Waals surface area contributed by atoms with Crippen molar-refractivity contribution in [2.24, 2.45) is 0 Å². The highest BCUT2D eigenvalue weighted by Gasteiger charge is 2.30. The van der Waals surface area contributed by atoms with Gasteiger partial charge in [0.15, 0.2) is 0 Å². The first-order chi connectivity index (χ1) is 12.9. The van der Waals surface area contributed by atoms with Crippen LogP contribution in [0.25, 0.3) is 0 Å². The Morgan fingerprint density at radius 3 is 2.33 bits per heavy atom. The fraction of sp³-hybridized carbons (Fsp3) is 0.316. The summed E-state index contributed by atoms with van der Waals surface area (Å²) in [5.74, 6) is 0.601. The van der Waals surface area contributed by atoms with Crippen molar-refractivity contribution in [2.45, 2.75) is 11.8 Å². The zero-order valence-corrected chi connectivity index (χ0v) is 16.5. The molecule has 144 valence electrons. The van der Waals surface area contributed by atoms with E-state index in [0.717, 1.165) is 0 Å². The van der Waals surface area contributed by atoms with E-state index in [-0.39, 0.29) is 23.9 Å². The first-order valence-electron chi connectivity index (χ1n) is 8.69. The molecule has 3 rings (SSSR count). The largest absolute Gasteiger partial charge is 0.494 e. The summed E-state index contributed by atoms with van der Waals surface area (Å²) in [7, 11) is -3.62. The van der Waals surface area contributed by atoms with Crippen LogP contribution in [0.4, 0.5) is 0 Å². The zero-order valence-electron chi connectivity index (χ0n) is 15.0. The maximum absolute atomic E-state index is 12.7. The standard InChI is InChI=1S/C19H21ClN2O4S/c1-2-26-17-8-6-15(7-9-17)19(23)21-10-12-22(13-11-21)27(24,25)18-5-3-4-16(20)14-18/h3-9,14H,2,10-13H2,1H3. The molecule has 1 fully saturated rings. The van der Waals surface area contributed by atoms with Crippen molar-refractivity contribution in [3.63, 3.8) is 0 Å². The Morgan fingerprint density at radius 2 is 1.74 bits per heavy atom. The van der Waals surface area contributed by atoms with Crippen molar-refractivity contribution in [1.29, 1.82) is 0 Å². The van der Waals surface area contributed by atoms with Gasteiger partial charge in [0.1, 0.15) is 5.75 Å². The maximum Gasteiger partial charge on any atom is 0.253 e. The number of ether oxygens (including phenoxy) is 1. The topological polar surface area (TPSA) is 66.9 Å². The average molecular weight is 409 g/mol. The highest BCUT2D eigenvalue weighted by Crippen LogP contribution is 2.21. The third kappa shape index (κ3) is 4.43. The number of sulfonamides is 1. The lowest BCUT2D eigenvalue weighted by Gasteiger charge is -2.34. The van der Waals surface area contributed by atoms with Gasteiger partial charge in [-0.25, -0.2) is 8.42 Å². The first-order valence-corrected chi connectivity index (χ1v) is 10.5. The first kappa shape index (κ1) is 19.7. The van der Waals surface area contributed by atoms with E-state index < -0.39 is 10.0 Å². The van der Waals surface area contributed by atoms with E-state index >= 15 is 0 Å². The highest BCUT2D eigenvalue weighted by atomic mass is 35.5. The van der Waals surface area contributed by atoms with Crippen LogP contribution < -0.4 is 4.74 Å². The van der Waals surface area contributed by atoms with Crippen molar-refractivity contribution in [3.8, 4) is 5.75 Å². The summed E-state index contributed by atoms with van der Waals surface area (Å²) in [6, 6.07) is 13.2. The molecule has 27 heavy (non-hydrogen) atoms. The van der Waals surface area contributed by atoms with Crippen molar-refractivity contribution in [2.75, 3.05) is 32.8 Å². The summed E-state index contributed by atoms with van der Waals surface area (Å²) < 4.78 is 32.2. The monoisotopic (exact) mass is 408 g/mol. The van der Waals surface area contributed by atoms with E-state index in [1.54, 1.807) is 41.3 Å². The van der Waals surface area contributed by atoms with Gasteiger partial charge in [-0.15, -0.1) is 0 Å². The number of hydrogen-bond acceptors (Lipinski definition) is 4. The van der Waals surface area contributed by atoms with Crippen LogP contribution in [0.15, 0.2) is 53.4 Å². The molecule has 6 nitrogen and oxygen atoms in total. The normalized spacial score (nSPS) is 15.6. The SMILES string of the molecule is CCOc1ccc(C(=O)N2CCN(S(=O)(=O)c3cccc(Cl)c3)CC2)cc1. The molecular weight excluding hydrogens is 388 g/mol. The predicted octanol–water partition coefficient (Wildman–Crippen LogP) is 2.89. The molecule has 8 heteroatoms. The number of piperazine rings is 1. The minimum absolute atomic E-state index is 0.113. The summed E-state index contributed by atoms with van der Waals surface area (Å²) in [5, 5.41) is 0.375. The lowest BCUT2D eigenvalue weighted by Crippen LogP contribution is -2.50. The summed E-state index contributed by atoms with van der Waals surface area (Å²) in [6.07, 6.45) is 0. The number of carbonyl (C=O) groups is 1. The van der Waals surface area contributed by atoms with Crippen LogP contribution in [0.2, 0.25) is 5.02 Å². The maximum atomic E-state index is 12.7. The molecule has 2 aromatic carbocycles. The molecule has 1 amide bonds. The molecule has 0 radical (unpaired) electrons. The van der Waals surface area contributed by atoms with Gasteiger partial charge in [-0.1, -0.05) is 17.7 Å². The van der Waals surface area contributed by atoms with E-state index in [0.29, 0.717) is 36.0 Å². The quantitative estimate of drug-likeness (QED) is 0.762. The van der Waals surface area contributed by atoms with Crippen molar-refractivity contribution in [3.05, 3.63) is 59.1 Å². The van der Waals surface area contributed by atoms with E-state index in [2.05, 4.69) is 0 Å². The van der Waals surface area contributed by atoms with Crippen molar-refractivity contribution in [1.82, 2.24) is 9.21 Å². The fourth-order valence-corrected chi connectivity index (χ4v) is 4.67. The van der Waals surface area contributed by atoms with Crippen LogP contribution in [0.5, 0.6) is 5.75 Å². The molecule has 1 aliphatic rings. The molecule has 0 atom stereocenters. The number of nitrogens with zero attached hydrogens (tertiary/aromatic N) is 2. The van der Waals surface area contributed by atoms with E-state index in [1.165, 1.54) is 16.4 Å².